The van der Waals surface area contributed by atoms with Gasteiger partial charge < -0.3 is 0 Å². The zero-order chi connectivity index (χ0) is 9.40. The lowest BCUT2D eigenvalue weighted by Crippen LogP contribution is -1.74. The molecule has 0 radical (unpaired) electrons. The summed E-state index contributed by atoms with van der Waals surface area (Å²) < 4.78 is 0. The van der Waals surface area contributed by atoms with Crippen LogP contribution in [0.1, 0.15) is 25.0 Å². The van der Waals surface area contributed by atoms with Gasteiger partial charge in [-0.25, -0.2) is 0 Å². The fourth-order valence-corrected chi connectivity index (χ4v) is 0.663. The first-order valence-electron chi connectivity index (χ1n) is 4.32. The normalized spacial score (nSPS) is 9.33. The third-order valence-electron chi connectivity index (χ3n) is 1.76. The van der Waals surface area contributed by atoms with Crippen LogP contribution in [0.25, 0.3) is 0 Å². The highest BCUT2D eigenvalue weighted by atomic mass is 13.9. The number of aryl methyl sites for hydroxylation is 2. The van der Waals surface area contributed by atoms with Gasteiger partial charge in [-0.1, -0.05) is 36.4 Å². The second kappa shape index (κ2) is 6.66. The molecule has 0 aliphatic rings. The van der Waals surface area contributed by atoms with Crippen molar-refractivity contribution in [3.05, 3.63) is 47.5 Å². The summed E-state index contributed by atoms with van der Waals surface area (Å²) in [6, 6.07) is 8.36. The quantitative estimate of drug-likeness (QED) is 0.508. The van der Waals surface area contributed by atoms with Gasteiger partial charge in [-0.2, -0.15) is 0 Å². The van der Waals surface area contributed by atoms with Crippen molar-refractivity contribution in [1.82, 2.24) is 0 Å². The van der Waals surface area contributed by atoms with E-state index in [9.17, 15) is 0 Å². The molecule has 0 aromatic heterocycles. The maximum Gasteiger partial charge on any atom is -0.0395 e. The molecule has 1 rings (SSSR count). The van der Waals surface area contributed by atoms with Gasteiger partial charge in [0.15, 0.2) is 0 Å². The molecule has 12 heavy (non-hydrogen) atoms. The Bertz CT molecular complexity index is 209. The standard InChI is InChI=1S/C8H10.C4H8/c1-7-5-3-4-6-8(7)2;1-3-4-2/h3-6H,1-2H3;3-4H,1-2H3. The van der Waals surface area contributed by atoms with Gasteiger partial charge in [0.2, 0.25) is 0 Å². The van der Waals surface area contributed by atoms with Crippen LogP contribution in [0.2, 0.25) is 0 Å². The Morgan fingerprint density at radius 3 is 1.33 bits per heavy atom. The maximum absolute atomic E-state index is 2.12. The van der Waals surface area contributed by atoms with E-state index in [1.807, 2.05) is 26.0 Å². The Labute approximate surface area is 75.9 Å². The molecule has 0 unspecified atom stereocenters. The minimum absolute atomic E-state index is 1.37. The summed E-state index contributed by atoms with van der Waals surface area (Å²) in [5, 5.41) is 0. The number of benzene rings is 1. The van der Waals surface area contributed by atoms with Crippen molar-refractivity contribution in [1.29, 1.82) is 0 Å². The first-order chi connectivity index (χ1) is 5.72. The minimum atomic E-state index is 1.37. The van der Waals surface area contributed by atoms with E-state index in [4.69, 9.17) is 0 Å². The number of hydrogen-bond acceptors (Lipinski definition) is 0. The molecule has 0 heteroatoms. The molecule has 0 aliphatic heterocycles. The van der Waals surface area contributed by atoms with E-state index < -0.39 is 0 Å². The van der Waals surface area contributed by atoms with Crippen molar-refractivity contribution in [3.8, 4) is 0 Å². The van der Waals surface area contributed by atoms with Crippen molar-refractivity contribution in [2.45, 2.75) is 27.7 Å². The van der Waals surface area contributed by atoms with Crippen LogP contribution < -0.4 is 0 Å². The molecule has 0 amide bonds. The van der Waals surface area contributed by atoms with Crippen LogP contribution in [-0.2, 0) is 0 Å². The van der Waals surface area contributed by atoms with Crippen LogP contribution in [0, 0.1) is 13.8 Å². The zero-order valence-corrected chi connectivity index (χ0v) is 8.46. The van der Waals surface area contributed by atoms with Gasteiger partial charge in [0.1, 0.15) is 0 Å². The third-order valence-corrected chi connectivity index (χ3v) is 1.76. The summed E-state index contributed by atoms with van der Waals surface area (Å²) in [6.07, 6.45) is 4.00. The Hall–Kier alpha value is -1.04. The van der Waals surface area contributed by atoms with E-state index in [-0.39, 0.29) is 0 Å². The van der Waals surface area contributed by atoms with Crippen LogP contribution in [0.3, 0.4) is 0 Å². The average Bonchev–Trinajstić information content (AvgIpc) is 2.11. The summed E-state index contributed by atoms with van der Waals surface area (Å²) in [6.45, 7) is 8.24. The van der Waals surface area contributed by atoms with Gasteiger partial charge in [0.05, 0.1) is 0 Å². The lowest BCUT2D eigenvalue weighted by atomic mass is 10.1. The van der Waals surface area contributed by atoms with Gasteiger partial charge in [-0.05, 0) is 38.8 Å². The van der Waals surface area contributed by atoms with E-state index in [1.54, 1.807) is 0 Å². The minimum Gasteiger partial charge on any atom is -0.0919 e. The highest BCUT2D eigenvalue weighted by molar-refractivity contribution is 5.23. The number of rotatable bonds is 0. The topological polar surface area (TPSA) is 0 Å². The second-order valence-corrected chi connectivity index (χ2v) is 2.75. The summed E-state index contributed by atoms with van der Waals surface area (Å²) >= 11 is 0. The number of allylic oxidation sites excluding steroid dienone is 2. The second-order valence-electron chi connectivity index (χ2n) is 2.75. The van der Waals surface area contributed by atoms with E-state index in [0.29, 0.717) is 0 Å². The third kappa shape index (κ3) is 4.73. The van der Waals surface area contributed by atoms with Crippen molar-refractivity contribution in [2.24, 2.45) is 0 Å². The van der Waals surface area contributed by atoms with Gasteiger partial charge in [-0.3, -0.25) is 0 Å². The first-order valence-corrected chi connectivity index (χ1v) is 4.32. The van der Waals surface area contributed by atoms with E-state index in [0.717, 1.165) is 0 Å². The predicted octanol–water partition coefficient (Wildman–Crippen LogP) is 3.89. The highest BCUT2D eigenvalue weighted by Crippen LogP contribution is 2.02. The molecule has 0 aliphatic carbocycles. The Morgan fingerprint density at radius 1 is 0.833 bits per heavy atom. The summed E-state index contributed by atoms with van der Waals surface area (Å²) in [5.41, 5.74) is 2.74. The van der Waals surface area contributed by atoms with Crippen LogP contribution >= 0.6 is 0 Å². The van der Waals surface area contributed by atoms with Gasteiger partial charge in [-0.15, -0.1) is 0 Å². The molecule has 0 saturated carbocycles. The molecule has 66 valence electrons. The summed E-state index contributed by atoms with van der Waals surface area (Å²) in [5.74, 6) is 0. The maximum atomic E-state index is 2.12. The molecule has 0 bridgehead atoms. The van der Waals surface area contributed by atoms with Crippen molar-refractivity contribution >= 4 is 0 Å². The molecule has 0 nitrogen and oxygen atoms in total. The van der Waals surface area contributed by atoms with Crippen LogP contribution in [0.15, 0.2) is 36.4 Å². The summed E-state index contributed by atoms with van der Waals surface area (Å²) in [7, 11) is 0. The zero-order valence-electron chi connectivity index (χ0n) is 8.46. The molecule has 1 aromatic carbocycles. The van der Waals surface area contributed by atoms with Crippen LogP contribution in [-0.4, -0.2) is 0 Å². The lowest BCUT2D eigenvalue weighted by Gasteiger charge is -1.93. The molecule has 0 N–H and O–H groups in total. The molecular weight excluding hydrogens is 144 g/mol. The van der Waals surface area contributed by atoms with Gasteiger partial charge in [0.25, 0.3) is 0 Å². The summed E-state index contributed by atoms with van der Waals surface area (Å²) in [4.78, 5) is 0. The van der Waals surface area contributed by atoms with Gasteiger partial charge >= 0.3 is 0 Å². The number of hydrogen-bond donors (Lipinski definition) is 0. The highest BCUT2D eigenvalue weighted by Gasteiger charge is 1.83. The monoisotopic (exact) mass is 162 g/mol. The van der Waals surface area contributed by atoms with Crippen molar-refractivity contribution in [2.75, 3.05) is 0 Å². The van der Waals surface area contributed by atoms with Gasteiger partial charge in [0, 0.05) is 0 Å². The Balaban J connectivity index is 0.000000261. The van der Waals surface area contributed by atoms with E-state index in [1.165, 1.54) is 11.1 Å². The molecular formula is C12H18. The fraction of sp³-hybridized carbons (Fsp3) is 0.333. The van der Waals surface area contributed by atoms with Crippen LogP contribution in [0.5, 0.6) is 0 Å². The molecule has 0 spiro atoms. The lowest BCUT2D eigenvalue weighted by molar-refractivity contribution is 1.34. The average molecular weight is 162 g/mol. The SMILES string of the molecule is CC=CC.Cc1ccccc1C. The molecule has 1 aromatic rings. The molecule has 0 heterocycles. The molecule has 0 saturated heterocycles. The van der Waals surface area contributed by atoms with Crippen molar-refractivity contribution < 1.29 is 0 Å². The van der Waals surface area contributed by atoms with E-state index in [2.05, 4.69) is 38.1 Å². The fourth-order valence-electron chi connectivity index (χ4n) is 0.663. The van der Waals surface area contributed by atoms with Crippen molar-refractivity contribution in [3.63, 3.8) is 0 Å². The predicted molar refractivity (Wildman–Crippen MR) is 56.4 cm³/mol. The molecule has 0 fully saturated rings. The smallest absolute Gasteiger partial charge is 0.0395 e. The van der Waals surface area contributed by atoms with E-state index >= 15 is 0 Å². The van der Waals surface area contributed by atoms with Crippen LogP contribution in [0.4, 0.5) is 0 Å². The Kier molecular flexibility index (Phi) is 6.08. The first kappa shape index (κ1) is 11.0. The molecule has 0 atom stereocenters. The Morgan fingerprint density at radius 2 is 1.17 bits per heavy atom. The largest absolute Gasteiger partial charge is 0.0919 e.